The fourth-order valence-corrected chi connectivity index (χ4v) is 1.82. The normalized spacial score (nSPS) is 12.8. The Hall–Kier alpha value is -1.03. The molecule has 0 aromatic carbocycles. The first-order chi connectivity index (χ1) is 7.00. The average Bonchev–Trinajstić information content (AvgIpc) is 2.18. The van der Waals surface area contributed by atoms with Crippen LogP contribution in [0.5, 0.6) is 0 Å². The third kappa shape index (κ3) is 3.55. The number of aromatic nitrogens is 1. The third-order valence-electron chi connectivity index (χ3n) is 2.23. The maximum atomic E-state index is 10.6. The van der Waals surface area contributed by atoms with Crippen molar-refractivity contribution in [2.24, 2.45) is 5.92 Å². The number of rotatable bonds is 4. The number of hydrogen-bond acceptors (Lipinski definition) is 3. The molecule has 0 saturated heterocycles. The van der Waals surface area contributed by atoms with E-state index in [4.69, 9.17) is 5.11 Å². The van der Waals surface area contributed by atoms with Crippen molar-refractivity contribution in [2.75, 3.05) is 0 Å². The molecule has 0 aliphatic rings. The first kappa shape index (κ1) is 12.0. The number of hydrogen-bond donors (Lipinski definition) is 1. The summed E-state index contributed by atoms with van der Waals surface area (Å²) in [4.78, 5) is 14.7. The van der Waals surface area contributed by atoms with Crippen LogP contribution in [0.25, 0.3) is 0 Å². The molecule has 0 fully saturated rings. The van der Waals surface area contributed by atoms with Crippen molar-refractivity contribution in [3.63, 3.8) is 0 Å². The zero-order chi connectivity index (χ0) is 11.4. The van der Waals surface area contributed by atoms with Crippen LogP contribution in [0.15, 0.2) is 23.4 Å². The van der Waals surface area contributed by atoms with Gasteiger partial charge in [0.2, 0.25) is 0 Å². The molecule has 15 heavy (non-hydrogen) atoms. The Balaban J connectivity index is 2.68. The standard InChI is InChI=1S/C11H15NO2S/c1-7(2)8(3)15-10-5-4-9(6-12-10)11(13)14/h4-8H,1-3H3,(H,13,14). The molecule has 0 spiro atoms. The number of carbonyl (C=O) groups is 1. The number of carboxylic acid groups (broad SMARTS) is 1. The number of aromatic carboxylic acids is 1. The van der Waals surface area contributed by atoms with Gasteiger partial charge in [0.1, 0.15) is 0 Å². The second-order valence-electron chi connectivity index (χ2n) is 3.76. The topological polar surface area (TPSA) is 50.2 Å². The fourth-order valence-electron chi connectivity index (χ4n) is 0.903. The van der Waals surface area contributed by atoms with Crippen LogP contribution in [0.4, 0.5) is 0 Å². The van der Waals surface area contributed by atoms with E-state index in [-0.39, 0.29) is 5.56 Å². The average molecular weight is 225 g/mol. The lowest BCUT2D eigenvalue weighted by molar-refractivity contribution is 0.0696. The summed E-state index contributed by atoms with van der Waals surface area (Å²) >= 11 is 1.67. The predicted octanol–water partition coefficient (Wildman–Crippen LogP) is 2.92. The molecule has 4 heteroatoms. The molecule has 1 aromatic rings. The molecule has 0 saturated carbocycles. The molecular formula is C11H15NO2S. The van der Waals surface area contributed by atoms with Crippen molar-refractivity contribution < 1.29 is 9.90 Å². The van der Waals surface area contributed by atoms with E-state index in [2.05, 4.69) is 25.8 Å². The summed E-state index contributed by atoms with van der Waals surface area (Å²) < 4.78 is 0. The summed E-state index contributed by atoms with van der Waals surface area (Å²) in [6.07, 6.45) is 1.40. The van der Waals surface area contributed by atoms with Gasteiger partial charge in [0.25, 0.3) is 0 Å². The number of thioether (sulfide) groups is 1. The van der Waals surface area contributed by atoms with E-state index >= 15 is 0 Å². The second-order valence-corrected chi connectivity index (χ2v) is 5.15. The van der Waals surface area contributed by atoms with E-state index in [0.29, 0.717) is 11.2 Å². The van der Waals surface area contributed by atoms with Gasteiger partial charge in [-0.2, -0.15) is 0 Å². The summed E-state index contributed by atoms with van der Waals surface area (Å²) in [7, 11) is 0. The van der Waals surface area contributed by atoms with Crippen molar-refractivity contribution in [1.29, 1.82) is 0 Å². The van der Waals surface area contributed by atoms with Gasteiger partial charge in [-0.3, -0.25) is 0 Å². The molecule has 0 bridgehead atoms. The molecular weight excluding hydrogens is 210 g/mol. The SMILES string of the molecule is CC(C)C(C)Sc1ccc(C(=O)O)cn1. The van der Waals surface area contributed by atoms with Gasteiger partial charge in [-0.1, -0.05) is 20.8 Å². The van der Waals surface area contributed by atoms with Crippen LogP contribution < -0.4 is 0 Å². The number of pyridine rings is 1. The van der Waals surface area contributed by atoms with Crippen LogP contribution in [0, 0.1) is 5.92 Å². The van der Waals surface area contributed by atoms with Crippen molar-refractivity contribution >= 4 is 17.7 Å². The van der Waals surface area contributed by atoms with E-state index in [9.17, 15) is 4.79 Å². The van der Waals surface area contributed by atoms with Crippen LogP contribution in [0.1, 0.15) is 31.1 Å². The Morgan fingerprint density at radius 2 is 2.07 bits per heavy atom. The minimum atomic E-state index is -0.934. The minimum absolute atomic E-state index is 0.233. The maximum absolute atomic E-state index is 10.6. The van der Waals surface area contributed by atoms with E-state index in [1.165, 1.54) is 6.20 Å². The molecule has 1 N–H and O–H groups in total. The Morgan fingerprint density at radius 1 is 1.40 bits per heavy atom. The molecule has 3 nitrogen and oxygen atoms in total. The minimum Gasteiger partial charge on any atom is -0.478 e. The molecule has 1 aromatic heterocycles. The molecule has 82 valence electrons. The second kappa shape index (κ2) is 5.16. The van der Waals surface area contributed by atoms with Crippen LogP contribution in [-0.4, -0.2) is 21.3 Å². The van der Waals surface area contributed by atoms with Crippen LogP contribution in [-0.2, 0) is 0 Å². The van der Waals surface area contributed by atoms with Crippen LogP contribution in [0.3, 0.4) is 0 Å². The van der Waals surface area contributed by atoms with Gasteiger partial charge < -0.3 is 5.11 Å². The number of carboxylic acids is 1. The molecule has 1 atom stereocenters. The van der Waals surface area contributed by atoms with Crippen molar-refractivity contribution in [3.8, 4) is 0 Å². The molecule has 0 amide bonds. The van der Waals surface area contributed by atoms with Gasteiger partial charge in [0.05, 0.1) is 10.6 Å². The maximum Gasteiger partial charge on any atom is 0.337 e. The quantitative estimate of drug-likeness (QED) is 0.800. The van der Waals surface area contributed by atoms with Gasteiger partial charge >= 0.3 is 5.97 Å². The lowest BCUT2D eigenvalue weighted by atomic mass is 10.2. The Morgan fingerprint density at radius 3 is 2.47 bits per heavy atom. The monoisotopic (exact) mass is 225 g/mol. The van der Waals surface area contributed by atoms with Crippen LogP contribution in [0.2, 0.25) is 0 Å². The highest BCUT2D eigenvalue weighted by Crippen LogP contribution is 2.25. The Kier molecular flexibility index (Phi) is 4.15. The smallest absolute Gasteiger partial charge is 0.337 e. The van der Waals surface area contributed by atoms with E-state index in [1.54, 1.807) is 23.9 Å². The molecule has 0 aliphatic carbocycles. The highest BCUT2D eigenvalue weighted by Gasteiger charge is 2.10. The van der Waals surface area contributed by atoms with Crippen molar-refractivity contribution in [3.05, 3.63) is 23.9 Å². The highest BCUT2D eigenvalue weighted by atomic mass is 32.2. The largest absolute Gasteiger partial charge is 0.478 e. The van der Waals surface area contributed by atoms with Crippen LogP contribution >= 0.6 is 11.8 Å². The first-order valence-electron chi connectivity index (χ1n) is 4.86. The van der Waals surface area contributed by atoms with Crippen molar-refractivity contribution in [2.45, 2.75) is 31.0 Å². The molecule has 0 radical (unpaired) electrons. The Bertz CT molecular complexity index is 335. The highest BCUT2D eigenvalue weighted by molar-refractivity contribution is 7.99. The van der Waals surface area contributed by atoms with E-state index in [1.807, 2.05) is 0 Å². The molecule has 0 aliphatic heterocycles. The van der Waals surface area contributed by atoms with Gasteiger partial charge in [0.15, 0.2) is 0 Å². The zero-order valence-electron chi connectivity index (χ0n) is 9.10. The summed E-state index contributed by atoms with van der Waals surface area (Å²) in [5.74, 6) is -0.355. The molecule has 1 rings (SSSR count). The van der Waals surface area contributed by atoms with Gasteiger partial charge in [-0.15, -0.1) is 11.8 Å². The number of nitrogens with zero attached hydrogens (tertiary/aromatic N) is 1. The summed E-state index contributed by atoms with van der Waals surface area (Å²) in [6, 6.07) is 3.34. The Labute approximate surface area is 93.9 Å². The summed E-state index contributed by atoms with van der Waals surface area (Å²) in [5.41, 5.74) is 0.233. The first-order valence-corrected chi connectivity index (χ1v) is 5.74. The van der Waals surface area contributed by atoms with E-state index < -0.39 is 5.97 Å². The fraction of sp³-hybridized carbons (Fsp3) is 0.455. The summed E-state index contributed by atoms with van der Waals surface area (Å²) in [5, 5.41) is 10.1. The lowest BCUT2D eigenvalue weighted by Crippen LogP contribution is -2.06. The van der Waals surface area contributed by atoms with Gasteiger partial charge in [-0.25, -0.2) is 9.78 Å². The third-order valence-corrected chi connectivity index (χ3v) is 3.63. The lowest BCUT2D eigenvalue weighted by Gasteiger charge is -2.13. The molecule has 1 unspecified atom stereocenters. The predicted molar refractivity (Wildman–Crippen MR) is 61.4 cm³/mol. The molecule has 1 heterocycles. The van der Waals surface area contributed by atoms with Gasteiger partial charge in [-0.05, 0) is 18.1 Å². The summed E-state index contributed by atoms with van der Waals surface area (Å²) in [6.45, 7) is 6.45. The van der Waals surface area contributed by atoms with E-state index in [0.717, 1.165) is 5.03 Å². The van der Waals surface area contributed by atoms with Gasteiger partial charge in [0, 0.05) is 11.4 Å². The van der Waals surface area contributed by atoms with Crippen molar-refractivity contribution in [1.82, 2.24) is 4.98 Å². The zero-order valence-corrected chi connectivity index (χ0v) is 9.91.